The van der Waals surface area contributed by atoms with E-state index in [1.807, 2.05) is 38.2 Å². The number of carbonyl (C=O) groups excluding carboxylic acids is 1. The van der Waals surface area contributed by atoms with E-state index in [2.05, 4.69) is 10.3 Å². The van der Waals surface area contributed by atoms with Crippen LogP contribution < -0.4 is 5.32 Å². The number of carbonyl (C=O) groups is 1. The molecule has 0 atom stereocenters. The van der Waals surface area contributed by atoms with Gasteiger partial charge in [0.05, 0.1) is 11.6 Å². The molecule has 0 bridgehead atoms. The van der Waals surface area contributed by atoms with Gasteiger partial charge in [0.15, 0.2) is 0 Å². The van der Waals surface area contributed by atoms with Gasteiger partial charge >= 0.3 is 0 Å². The molecule has 0 aliphatic rings. The van der Waals surface area contributed by atoms with Gasteiger partial charge in [-0.15, -0.1) is 11.3 Å². The minimum absolute atomic E-state index is 0.0154. The Bertz CT molecular complexity index is 619. The Labute approximate surface area is 123 Å². The Balaban J connectivity index is 2.14. The maximum absolute atomic E-state index is 12.0. The van der Waals surface area contributed by atoms with E-state index < -0.39 is 0 Å². The molecule has 1 N–H and O–H groups in total. The van der Waals surface area contributed by atoms with Crippen molar-refractivity contribution in [2.45, 2.75) is 20.4 Å². The molecule has 0 saturated heterocycles. The van der Waals surface area contributed by atoms with Crippen molar-refractivity contribution >= 4 is 22.9 Å². The zero-order valence-corrected chi connectivity index (χ0v) is 13.0. The molecule has 0 aliphatic heterocycles. The summed E-state index contributed by atoms with van der Waals surface area (Å²) in [5.41, 5.74) is 2.81. The molecular formula is C15H19N3OS. The van der Waals surface area contributed by atoms with Crippen molar-refractivity contribution in [3.05, 3.63) is 45.4 Å². The zero-order chi connectivity index (χ0) is 14.7. The van der Waals surface area contributed by atoms with Crippen molar-refractivity contribution in [1.82, 2.24) is 9.88 Å². The fraction of sp³-hybridized carbons (Fsp3) is 0.333. The molecule has 5 heteroatoms. The molecule has 20 heavy (non-hydrogen) atoms. The van der Waals surface area contributed by atoms with Gasteiger partial charge in [0.25, 0.3) is 5.91 Å². The van der Waals surface area contributed by atoms with Gasteiger partial charge in [-0.2, -0.15) is 0 Å². The molecule has 0 spiro atoms. The third-order valence-corrected chi connectivity index (χ3v) is 3.93. The van der Waals surface area contributed by atoms with Crippen LogP contribution in [0.15, 0.2) is 24.4 Å². The van der Waals surface area contributed by atoms with Gasteiger partial charge in [-0.3, -0.25) is 4.79 Å². The number of hydrogen-bond acceptors (Lipinski definition) is 4. The van der Waals surface area contributed by atoms with Crippen LogP contribution in [0.4, 0.5) is 5.69 Å². The fourth-order valence-electron chi connectivity index (χ4n) is 1.87. The lowest BCUT2D eigenvalue weighted by molar-refractivity contribution is 0.0827. The van der Waals surface area contributed by atoms with Crippen molar-refractivity contribution in [1.29, 1.82) is 0 Å². The molecule has 106 valence electrons. The third kappa shape index (κ3) is 3.36. The van der Waals surface area contributed by atoms with E-state index in [0.29, 0.717) is 5.56 Å². The van der Waals surface area contributed by atoms with Crippen molar-refractivity contribution in [2.75, 3.05) is 19.4 Å². The third-order valence-electron chi connectivity index (χ3n) is 3.01. The number of rotatable bonds is 4. The largest absolute Gasteiger partial charge is 0.380 e. The highest BCUT2D eigenvalue weighted by atomic mass is 32.1. The molecule has 0 unspecified atom stereocenters. The second-order valence-electron chi connectivity index (χ2n) is 4.93. The van der Waals surface area contributed by atoms with Gasteiger partial charge in [0.1, 0.15) is 0 Å². The van der Waals surface area contributed by atoms with Crippen LogP contribution in [0.5, 0.6) is 0 Å². The lowest BCUT2D eigenvalue weighted by atomic mass is 10.1. The first-order valence-corrected chi connectivity index (χ1v) is 7.26. The van der Waals surface area contributed by atoms with Gasteiger partial charge in [0.2, 0.25) is 0 Å². The van der Waals surface area contributed by atoms with Crippen LogP contribution in [-0.2, 0) is 6.54 Å². The average molecular weight is 289 g/mol. The topological polar surface area (TPSA) is 45.2 Å². The first-order valence-electron chi connectivity index (χ1n) is 6.45. The average Bonchev–Trinajstić information content (AvgIpc) is 2.82. The quantitative estimate of drug-likeness (QED) is 0.941. The first-order chi connectivity index (χ1) is 9.47. The van der Waals surface area contributed by atoms with Crippen molar-refractivity contribution in [2.24, 2.45) is 0 Å². The standard InChI is InChI=1S/C15H19N3OS/c1-10-5-6-12(15(19)18(3)4)7-14(10)17-9-13-8-16-11(2)20-13/h5-8,17H,9H2,1-4H3. The van der Waals surface area contributed by atoms with Gasteiger partial charge < -0.3 is 10.2 Å². The second kappa shape index (κ2) is 6.05. The first kappa shape index (κ1) is 14.5. The molecule has 1 heterocycles. The van der Waals surface area contributed by atoms with E-state index in [-0.39, 0.29) is 5.91 Å². The maximum Gasteiger partial charge on any atom is 0.253 e. The molecule has 4 nitrogen and oxygen atoms in total. The van der Waals surface area contributed by atoms with E-state index in [1.54, 1.807) is 30.3 Å². The summed E-state index contributed by atoms with van der Waals surface area (Å²) in [6.07, 6.45) is 1.89. The summed E-state index contributed by atoms with van der Waals surface area (Å²) in [4.78, 5) is 19.0. The molecular weight excluding hydrogens is 270 g/mol. The highest BCUT2D eigenvalue weighted by Crippen LogP contribution is 2.20. The Morgan fingerprint density at radius 1 is 1.35 bits per heavy atom. The Hall–Kier alpha value is -1.88. The summed E-state index contributed by atoms with van der Waals surface area (Å²) >= 11 is 1.68. The van der Waals surface area contributed by atoms with E-state index in [1.165, 1.54) is 4.88 Å². The van der Waals surface area contributed by atoms with Crippen LogP contribution in [0.2, 0.25) is 0 Å². The van der Waals surface area contributed by atoms with Crippen LogP contribution in [-0.4, -0.2) is 29.9 Å². The lowest BCUT2D eigenvalue weighted by Crippen LogP contribution is -2.21. The predicted molar refractivity (Wildman–Crippen MR) is 83.4 cm³/mol. The zero-order valence-electron chi connectivity index (χ0n) is 12.2. The summed E-state index contributed by atoms with van der Waals surface area (Å²) < 4.78 is 0. The normalized spacial score (nSPS) is 10.4. The van der Waals surface area contributed by atoms with Crippen LogP contribution in [0.3, 0.4) is 0 Å². The van der Waals surface area contributed by atoms with Crippen molar-refractivity contribution < 1.29 is 4.79 Å². The molecule has 2 aromatic rings. The van der Waals surface area contributed by atoms with Crippen LogP contribution in [0.25, 0.3) is 0 Å². The molecule has 0 saturated carbocycles. The SMILES string of the molecule is Cc1ncc(CNc2cc(C(=O)N(C)C)ccc2C)s1. The monoisotopic (exact) mass is 289 g/mol. The minimum Gasteiger partial charge on any atom is -0.380 e. The Morgan fingerprint density at radius 2 is 2.10 bits per heavy atom. The molecule has 0 aliphatic carbocycles. The molecule has 0 radical (unpaired) electrons. The van der Waals surface area contributed by atoms with Gasteiger partial charge in [-0.1, -0.05) is 6.07 Å². The Kier molecular flexibility index (Phi) is 4.39. The van der Waals surface area contributed by atoms with E-state index in [0.717, 1.165) is 22.8 Å². The summed E-state index contributed by atoms with van der Waals surface area (Å²) in [5, 5.41) is 4.44. The lowest BCUT2D eigenvalue weighted by Gasteiger charge is -2.13. The number of thiazole rings is 1. The summed E-state index contributed by atoms with van der Waals surface area (Å²) in [7, 11) is 3.52. The molecule has 1 amide bonds. The minimum atomic E-state index is 0.0154. The number of aryl methyl sites for hydroxylation is 2. The molecule has 0 fully saturated rings. The highest BCUT2D eigenvalue weighted by Gasteiger charge is 2.10. The number of aromatic nitrogens is 1. The molecule has 1 aromatic heterocycles. The van der Waals surface area contributed by atoms with E-state index in [4.69, 9.17) is 0 Å². The molecule has 2 rings (SSSR count). The smallest absolute Gasteiger partial charge is 0.253 e. The second-order valence-corrected chi connectivity index (χ2v) is 6.25. The number of hydrogen-bond donors (Lipinski definition) is 1. The highest BCUT2D eigenvalue weighted by molar-refractivity contribution is 7.11. The van der Waals surface area contributed by atoms with Gasteiger partial charge in [-0.25, -0.2) is 4.98 Å². The van der Waals surface area contributed by atoms with Crippen LogP contribution in [0, 0.1) is 13.8 Å². The summed E-state index contributed by atoms with van der Waals surface area (Å²) in [5.74, 6) is 0.0154. The van der Waals surface area contributed by atoms with Crippen LogP contribution >= 0.6 is 11.3 Å². The van der Waals surface area contributed by atoms with Gasteiger partial charge in [0, 0.05) is 36.4 Å². The van der Waals surface area contributed by atoms with Gasteiger partial charge in [-0.05, 0) is 31.5 Å². The number of nitrogens with one attached hydrogen (secondary N) is 1. The fourth-order valence-corrected chi connectivity index (χ4v) is 2.61. The number of benzene rings is 1. The van der Waals surface area contributed by atoms with Crippen molar-refractivity contribution in [3.63, 3.8) is 0 Å². The predicted octanol–water partition coefficient (Wildman–Crippen LogP) is 3.07. The van der Waals surface area contributed by atoms with Crippen LogP contribution in [0.1, 0.15) is 25.8 Å². The van der Waals surface area contributed by atoms with E-state index in [9.17, 15) is 4.79 Å². The summed E-state index contributed by atoms with van der Waals surface area (Å²) in [6.45, 7) is 4.76. The maximum atomic E-state index is 12.0. The number of nitrogens with zero attached hydrogens (tertiary/aromatic N) is 2. The number of amides is 1. The summed E-state index contributed by atoms with van der Waals surface area (Å²) in [6, 6.07) is 5.74. The number of anilines is 1. The Morgan fingerprint density at radius 3 is 2.70 bits per heavy atom. The molecule has 1 aromatic carbocycles. The van der Waals surface area contributed by atoms with E-state index >= 15 is 0 Å². The van der Waals surface area contributed by atoms with Crippen molar-refractivity contribution in [3.8, 4) is 0 Å².